The Labute approximate surface area is 149 Å². The quantitative estimate of drug-likeness (QED) is 0.757. The van der Waals surface area contributed by atoms with Crippen molar-refractivity contribution in [2.24, 2.45) is 0 Å². The van der Waals surface area contributed by atoms with Gasteiger partial charge in [-0.2, -0.15) is 0 Å². The Morgan fingerprint density at radius 1 is 0.923 bits per heavy atom. The average Bonchev–Trinajstić information content (AvgIpc) is 2.63. The molecule has 0 atom stereocenters. The van der Waals surface area contributed by atoms with Crippen LogP contribution in [-0.4, -0.2) is 26.7 Å². The fourth-order valence-corrected chi connectivity index (χ4v) is 3.26. The summed E-state index contributed by atoms with van der Waals surface area (Å²) in [6.07, 6.45) is 5.92. The lowest BCUT2D eigenvalue weighted by molar-refractivity contribution is 0.243. The molecule has 0 aromatic carbocycles. The van der Waals surface area contributed by atoms with Crippen LogP contribution in [0.4, 0.5) is 14.6 Å². The molecule has 3 heterocycles. The molecular weight excluding hydrogens is 336 g/mol. The minimum Gasteiger partial charge on any atom is -0.368 e. The molecule has 0 radical (unpaired) electrons. The van der Waals surface area contributed by atoms with E-state index in [-0.39, 0.29) is 16.9 Å². The molecule has 0 aliphatic heterocycles. The van der Waals surface area contributed by atoms with E-state index in [2.05, 4.69) is 25.5 Å². The minimum atomic E-state index is -0.443. The first-order chi connectivity index (χ1) is 12.7. The Morgan fingerprint density at radius 3 is 2.31 bits per heavy atom. The van der Waals surface area contributed by atoms with E-state index in [9.17, 15) is 8.78 Å². The first-order valence-electron chi connectivity index (χ1n) is 8.47. The van der Waals surface area contributed by atoms with Crippen LogP contribution in [0.5, 0.6) is 0 Å². The second-order valence-electron chi connectivity index (χ2n) is 6.46. The summed E-state index contributed by atoms with van der Waals surface area (Å²) in [4.78, 5) is 8.23. The predicted molar refractivity (Wildman–Crippen MR) is 93.4 cm³/mol. The van der Waals surface area contributed by atoms with Gasteiger partial charge < -0.3 is 5.32 Å². The van der Waals surface area contributed by atoms with Crippen LogP contribution in [-0.2, 0) is 5.41 Å². The summed E-state index contributed by atoms with van der Waals surface area (Å²) in [5, 5.41) is 11.3. The first-order valence-corrected chi connectivity index (χ1v) is 8.47. The maximum Gasteiger partial charge on any atom is 0.151 e. The Hall–Kier alpha value is -2.96. The smallest absolute Gasteiger partial charge is 0.151 e. The van der Waals surface area contributed by atoms with Crippen molar-refractivity contribution >= 4 is 5.82 Å². The normalized spacial score (nSPS) is 15.3. The van der Waals surface area contributed by atoms with Gasteiger partial charge in [-0.25, -0.2) is 8.78 Å². The van der Waals surface area contributed by atoms with Crippen molar-refractivity contribution in [3.05, 3.63) is 66.1 Å². The zero-order valence-corrected chi connectivity index (χ0v) is 14.0. The van der Waals surface area contributed by atoms with E-state index in [1.165, 1.54) is 24.4 Å². The molecule has 4 rings (SSSR count). The highest BCUT2D eigenvalue weighted by Gasteiger charge is 2.41. The van der Waals surface area contributed by atoms with Crippen LogP contribution in [0.2, 0.25) is 0 Å². The summed E-state index contributed by atoms with van der Waals surface area (Å²) < 4.78 is 27.9. The summed E-state index contributed by atoms with van der Waals surface area (Å²) in [7, 11) is 0. The van der Waals surface area contributed by atoms with Crippen LogP contribution in [0.1, 0.15) is 25.0 Å². The van der Waals surface area contributed by atoms with E-state index < -0.39 is 5.82 Å². The molecule has 0 unspecified atom stereocenters. The lowest BCUT2D eigenvalue weighted by Crippen LogP contribution is -2.42. The van der Waals surface area contributed by atoms with Crippen LogP contribution in [0.15, 0.2) is 48.8 Å². The Bertz CT molecular complexity index is 910. The molecule has 132 valence electrons. The van der Waals surface area contributed by atoms with Crippen molar-refractivity contribution in [3.8, 4) is 11.4 Å². The molecular formula is C19H17F2N5. The summed E-state index contributed by atoms with van der Waals surface area (Å²) in [5.74, 6) is -0.171. The molecule has 1 aliphatic carbocycles. The molecule has 1 N–H and O–H groups in total. The topological polar surface area (TPSA) is 63.6 Å². The summed E-state index contributed by atoms with van der Waals surface area (Å²) in [6, 6.07) is 9.28. The van der Waals surface area contributed by atoms with Gasteiger partial charge in [0.25, 0.3) is 0 Å². The zero-order valence-electron chi connectivity index (χ0n) is 14.0. The zero-order chi connectivity index (χ0) is 18.0. The molecule has 1 saturated carbocycles. The maximum absolute atomic E-state index is 14.1. The van der Waals surface area contributed by atoms with Crippen molar-refractivity contribution in [2.75, 3.05) is 11.9 Å². The number of anilines is 1. The molecule has 0 bridgehead atoms. The number of halogens is 2. The number of pyridine rings is 2. The molecule has 3 aromatic heterocycles. The van der Waals surface area contributed by atoms with Gasteiger partial charge in [-0.3, -0.25) is 9.97 Å². The Kier molecular flexibility index (Phi) is 4.28. The van der Waals surface area contributed by atoms with Gasteiger partial charge in [-0.1, -0.05) is 6.42 Å². The fraction of sp³-hybridized carbons (Fsp3) is 0.263. The summed E-state index contributed by atoms with van der Waals surface area (Å²) in [5.41, 5.74) is 0.706. The third-order valence-corrected chi connectivity index (χ3v) is 4.85. The molecule has 0 amide bonds. The van der Waals surface area contributed by atoms with E-state index >= 15 is 0 Å². The first kappa shape index (κ1) is 16.5. The third kappa shape index (κ3) is 3.00. The van der Waals surface area contributed by atoms with E-state index in [1.807, 2.05) is 0 Å². The van der Waals surface area contributed by atoms with Crippen LogP contribution < -0.4 is 5.32 Å². The third-order valence-electron chi connectivity index (χ3n) is 4.85. The lowest BCUT2D eigenvalue weighted by atomic mass is 9.66. The van der Waals surface area contributed by atoms with Crippen molar-refractivity contribution < 1.29 is 8.78 Å². The predicted octanol–water partition coefficient (Wildman–Crippen LogP) is 3.75. The second kappa shape index (κ2) is 6.74. The molecule has 26 heavy (non-hydrogen) atoms. The number of aromatic nitrogens is 4. The lowest BCUT2D eigenvalue weighted by Gasteiger charge is -2.41. The molecule has 7 heteroatoms. The molecule has 0 spiro atoms. The van der Waals surface area contributed by atoms with Crippen molar-refractivity contribution in [3.63, 3.8) is 0 Å². The van der Waals surface area contributed by atoms with Gasteiger partial charge in [0.2, 0.25) is 0 Å². The van der Waals surface area contributed by atoms with Gasteiger partial charge in [0.05, 0.1) is 5.69 Å². The standard InChI is InChI=1S/C19H17F2N5/c20-13-4-1-10-22-17(13)15-6-7-16(26-25-15)24-12-19(8-3-9-19)18-14(21)5-2-11-23-18/h1-2,4-7,10-11H,3,8-9,12H2,(H,24,26). The van der Waals surface area contributed by atoms with Gasteiger partial charge in [0.15, 0.2) is 5.82 Å². The van der Waals surface area contributed by atoms with Gasteiger partial charge >= 0.3 is 0 Å². The number of nitrogens with one attached hydrogen (secondary N) is 1. The number of hydrogen-bond acceptors (Lipinski definition) is 5. The molecule has 1 fully saturated rings. The van der Waals surface area contributed by atoms with Crippen LogP contribution >= 0.6 is 0 Å². The van der Waals surface area contributed by atoms with E-state index in [1.54, 1.807) is 24.4 Å². The van der Waals surface area contributed by atoms with Crippen molar-refractivity contribution in [1.29, 1.82) is 0 Å². The van der Waals surface area contributed by atoms with Crippen molar-refractivity contribution in [2.45, 2.75) is 24.7 Å². The monoisotopic (exact) mass is 353 g/mol. The molecule has 3 aromatic rings. The Balaban J connectivity index is 1.50. The highest BCUT2D eigenvalue weighted by Crippen LogP contribution is 2.43. The van der Waals surface area contributed by atoms with Crippen LogP contribution in [0.25, 0.3) is 11.4 Å². The minimum absolute atomic E-state index is 0.164. The van der Waals surface area contributed by atoms with Gasteiger partial charge in [-0.15, -0.1) is 10.2 Å². The van der Waals surface area contributed by atoms with E-state index in [0.29, 0.717) is 23.8 Å². The Morgan fingerprint density at radius 2 is 1.69 bits per heavy atom. The number of nitrogens with zero attached hydrogens (tertiary/aromatic N) is 4. The largest absolute Gasteiger partial charge is 0.368 e. The number of hydrogen-bond donors (Lipinski definition) is 1. The summed E-state index contributed by atoms with van der Waals surface area (Å²) >= 11 is 0. The number of rotatable bonds is 5. The maximum atomic E-state index is 14.1. The second-order valence-corrected chi connectivity index (χ2v) is 6.46. The molecule has 0 saturated heterocycles. The fourth-order valence-electron chi connectivity index (χ4n) is 3.26. The van der Waals surface area contributed by atoms with Gasteiger partial charge in [0.1, 0.15) is 23.0 Å². The van der Waals surface area contributed by atoms with Crippen molar-refractivity contribution in [1.82, 2.24) is 20.2 Å². The average molecular weight is 353 g/mol. The summed E-state index contributed by atoms with van der Waals surface area (Å²) in [6.45, 7) is 0.521. The SMILES string of the molecule is Fc1cccnc1-c1ccc(NCC2(c3ncccc3F)CCC2)nn1. The van der Waals surface area contributed by atoms with Gasteiger partial charge in [-0.05, 0) is 49.2 Å². The molecule has 1 aliphatic rings. The van der Waals surface area contributed by atoms with E-state index in [0.717, 1.165) is 19.3 Å². The van der Waals surface area contributed by atoms with Crippen LogP contribution in [0.3, 0.4) is 0 Å². The molecule has 5 nitrogen and oxygen atoms in total. The highest BCUT2D eigenvalue weighted by atomic mass is 19.1. The van der Waals surface area contributed by atoms with Crippen LogP contribution in [0, 0.1) is 11.6 Å². The highest BCUT2D eigenvalue weighted by molar-refractivity contribution is 5.55. The van der Waals surface area contributed by atoms with E-state index in [4.69, 9.17) is 0 Å². The van der Waals surface area contributed by atoms with Gasteiger partial charge in [0, 0.05) is 24.4 Å².